The van der Waals surface area contributed by atoms with Crippen LogP contribution in [0, 0.1) is 0 Å². The van der Waals surface area contributed by atoms with Crippen LogP contribution in [0.25, 0.3) is 6.08 Å². The van der Waals surface area contributed by atoms with E-state index in [1.54, 1.807) is 19.2 Å². The molecule has 5 heteroatoms. The summed E-state index contributed by atoms with van der Waals surface area (Å²) in [4.78, 5) is 20.7. The molecular weight excluding hydrogens is 284 g/mol. The van der Waals surface area contributed by atoms with Crippen molar-refractivity contribution in [2.45, 2.75) is 26.4 Å². The second-order valence-corrected chi connectivity index (χ2v) is 5.15. The van der Waals surface area contributed by atoms with Crippen molar-refractivity contribution in [3.8, 4) is 5.75 Å². The zero-order valence-electron chi connectivity index (χ0n) is 13.3. The minimum absolute atomic E-state index is 0.373. The number of para-hydroxylation sites is 1. The molecule has 1 rings (SSSR count). The summed E-state index contributed by atoms with van der Waals surface area (Å²) < 4.78 is 9.86. The maximum absolute atomic E-state index is 10.5. The summed E-state index contributed by atoms with van der Waals surface area (Å²) in [5.41, 5.74) is 0.359. The summed E-state index contributed by atoms with van der Waals surface area (Å²) in [6, 6.07) is 7.22. The number of carbonyl (C=O) groups excluding carboxylic acids is 1. The van der Waals surface area contributed by atoms with Crippen LogP contribution in [0.1, 0.15) is 26.3 Å². The SMILES string of the molecule is C=CC(=O)OC(C)(C)C.COc1ccccc1/C=C/C(=O)O. The highest BCUT2D eigenvalue weighted by Crippen LogP contribution is 2.18. The first-order valence-corrected chi connectivity index (χ1v) is 6.59. The lowest BCUT2D eigenvalue weighted by Crippen LogP contribution is -2.22. The number of rotatable bonds is 4. The van der Waals surface area contributed by atoms with Crippen LogP contribution < -0.4 is 4.74 Å². The summed E-state index contributed by atoms with van der Waals surface area (Å²) in [5, 5.41) is 8.41. The first kappa shape index (κ1) is 19.4. The van der Waals surface area contributed by atoms with Crippen molar-refractivity contribution < 1.29 is 24.2 Å². The van der Waals surface area contributed by atoms with Crippen LogP contribution in [0.3, 0.4) is 0 Å². The van der Waals surface area contributed by atoms with Gasteiger partial charge in [-0.2, -0.15) is 0 Å². The Morgan fingerprint density at radius 2 is 1.82 bits per heavy atom. The fraction of sp³-hybridized carbons (Fsp3) is 0.294. The molecule has 5 nitrogen and oxygen atoms in total. The molecule has 0 bridgehead atoms. The molecule has 0 unspecified atom stereocenters. The third kappa shape index (κ3) is 9.36. The van der Waals surface area contributed by atoms with E-state index in [9.17, 15) is 9.59 Å². The van der Waals surface area contributed by atoms with E-state index in [0.29, 0.717) is 5.75 Å². The van der Waals surface area contributed by atoms with E-state index in [2.05, 4.69) is 6.58 Å². The quantitative estimate of drug-likeness (QED) is 0.682. The number of ether oxygens (including phenoxy) is 2. The molecule has 0 aliphatic rings. The van der Waals surface area contributed by atoms with Crippen LogP contribution in [0.4, 0.5) is 0 Å². The number of hydrogen-bond donors (Lipinski definition) is 1. The normalized spacial score (nSPS) is 10.4. The molecule has 1 N–H and O–H groups in total. The molecule has 0 spiro atoms. The summed E-state index contributed by atoms with van der Waals surface area (Å²) in [5.74, 6) is -0.673. The Morgan fingerprint density at radius 1 is 1.23 bits per heavy atom. The molecule has 0 aromatic heterocycles. The number of esters is 1. The van der Waals surface area contributed by atoms with Crippen molar-refractivity contribution in [3.63, 3.8) is 0 Å². The second kappa shape index (κ2) is 9.39. The van der Waals surface area contributed by atoms with Crippen molar-refractivity contribution in [3.05, 3.63) is 48.6 Å². The number of methoxy groups -OCH3 is 1. The molecule has 1 aromatic rings. The first-order chi connectivity index (χ1) is 10.2. The molecule has 0 aliphatic heterocycles. The van der Waals surface area contributed by atoms with Gasteiger partial charge in [-0.3, -0.25) is 0 Å². The predicted molar refractivity (Wildman–Crippen MR) is 85.7 cm³/mol. The maximum Gasteiger partial charge on any atom is 0.330 e. The summed E-state index contributed by atoms with van der Waals surface area (Å²) in [6.07, 6.45) is 3.74. The minimum Gasteiger partial charge on any atom is -0.496 e. The number of benzene rings is 1. The number of carboxylic acids is 1. The topological polar surface area (TPSA) is 72.8 Å². The fourth-order valence-electron chi connectivity index (χ4n) is 1.31. The molecule has 0 fully saturated rings. The van der Waals surface area contributed by atoms with Gasteiger partial charge in [0.15, 0.2) is 0 Å². The molecule has 0 amide bonds. The fourth-order valence-corrected chi connectivity index (χ4v) is 1.31. The summed E-state index contributed by atoms with van der Waals surface area (Å²) in [7, 11) is 1.55. The van der Waals surface area contributed by atoms with Crippen molar-refractivity contribution in [2.75, 3.05) is 7.11 Å². The molecule has 0 radical (unpaired) electrons. The van der Waals surface area contributed by atoms with Crippen LogP contribution in [0.15, 0.2) is 43.0 Å². The zero-order valence-corrected chi connectivity index (χ0v) is 13.3. The molecule has 1 aromatic carbocycles. The number of carbonyl (C=O) groups is 2. The standard InChI is InChI=1S/C10H10O3.C7H12O2/c1-13-9-5-3-2-4-8(9)6-7-10(11)12;1-5-6(8)9-7(2,3)4/h2-7H,1H3,(H,11,12);5H,1H2,2-4H3/b7-6+;. The smallest absolute Gasteiger partial charge is 0.330 e. The van der Waals surface area contributed by atoms with Crippen molar-refractivity contribution in [2.24, 2.45) is 0 Å². The van der Waals surface area contributed by atoms with Crippen molar-refractivity contribution >= 4 is 18.0 Å². The molecule has 0 aliphatic carbocycles. The van der Waals surface area contributed by atoms with Gasteiger partial charge in [0.1, 0.15) is 11.4 Å². The number of aliphatic carboxylic acids is 1. The molecule has 0 saturated heterocycles. The number of carboxylic acid groups (broad SMARTS) is 1. The van der Waals surface area contributed by atoms with E-state index in [1.165, 1.54) is 6.08 Å². The monoisotopic (exact) mass is 306 g/mol. The van der Waals surface area contributed by atoms with Gasteiger partial charge in [0.25, 0.3) is 0 Å². The Morgan fingerprint density at radius 3 is 2.23 bits per heavy atom. The van der Waals surface area contributed by atoms with Crippen LogP contribution in [-0.4, -0.2) is 29.8 Å². The molecule has 22 heavy (non-hydrogen) atoms. The Labute approximate surface area is 130 Å². The van der Waals surface area contributed by atoms with E-state index in [4.69, 9.17) is 14.6 Å². The van der Waals surface area contributed by atoms with Gasteiger partial charge in [0.05, 0.1) is 7.11 Å². The van der Waals surface area contributed by atoms with E-state index in [-0.39, 0.29) is 5.97 Å². The Balaban J connectivity index is 0.000000433. The Bertz CT molecular complexity index is 538. The van der Waals surface area contributed by atoms with Crippen LogP contribution in [0.5, 0.6) is 5.75 Å². The van der Waals surface area contributed by atoms with Gasteiger partial charge in [-0.25, -0.2) is 9.59 Å². The van der Waals surface area contributed by atoms with Crippen LogP contribution >= 0.6 is 0 Å². The molecule has 0 saturated carbocycles. The summed E-state index contributed by atoms with van der Waals surface area (Å²) >= 11 is 0. The zero-order chi connectivity index (χ0) is 17.2. The van der Waals surface area contributed by atoms with Crippen LogP contribution in [0.2, 0.25) is 0 Å². The van der Waals surface area contributed by atoms with Gasteiger partial charge >= 0.3 is 11.9 Å². The largest absolute Gasteiger partial charge is 0.496 e. The predicted octanol–water partition coefficient (Wildman–Crippen LogP) is 3.31. The minimum atomic E-state index is -0.967. The number of hydrogen-bond acceptors (Lipinski definition) is 4. The van der Waals surface area contributed by atoms with E-state index >= 15 is 0 Å². The van der Waals surface area contributed by atoms with Crippen molar-refractivity contribution in [1.82, 2.24) is 0 Å². The first-order valence-electron chi connectivity index (χ1n) is 6.59. The van der Waals surface area contributed by atoms with E-state index in [1.807, 2.05) is 32.9 Å². The molecule has 120 valence electrons. The maximum atomic E-state index is 10.5. The van der Waals surface area contributed by atoms with Gasteiger partial charge in [0, 0.05) is 17.7 Å². The lowest BCUT2D eigenvalue weighted by molar-refractivity contribution is -0.148. The molecule has 0 atom stereocenters. The highest BCUT2D eigenvalue weighted by atomic mass is 16.6. The van der Waals surface area contributed by atoms with Gasteiger partial charge < -0.3 is 14.6 Å². The summed E-state index contributed by atoms with van der Waals surface area (Å²) in [6.45, 7) is 8.71. The lowest BCUT2D eigenvalue weighted by Gasteiger charge is -2.17. The lowest BCUT2D eigenvalue weighted by atomic mass is 10.2. The van der Waals surface area contributed by atoms with Gasteiger partial charge in [-0.1, -0.05) is 24.8 Å². The third-order valence-corrected chi connectivity index (χ3v) is 2.12. The van der Waals surface area contributed by atoms with Gasteiger partial charge in [-0.05, 0) is 32.9 Å². The van der Waals surface area contributed by atoms with Gasteiger partial charge in [0.2, 0.25) is 0 Å². The average Bonchev–Trinajstić information content (AvgIpc) is 2.44. The van der Waals surface area contributed by atoms with Crippen LogP contribution in [-0.2, 0) is 14.3 Å². The highest BCUT2D eigenvalue weighted by molar-refractivity contribution is 5.85. The third-order valence-electron chi connectivity index (χ3n) is 2.12. The Hall–Kier alpha value is -2.56. The highest BCUT2D eigenvalue weighted by Gasteiger charge is 2.12. The molecule has 0 heterocycles. The Kier molecular flexibility index (Phi) is 8.30. The van der Waals surface area contributed by atoms with Gasteiger partial charge in [-0.15, -0.1) is 0 Å². The second-order valence-electron chi connectivity index (χ2n) is 5.15. The molecular formula is C17H22O5. The van der Waals surface area contributed by atoms with Crippen molar-refractivity contribution in [1.29, 1.82) is 0 Å². The average molecular weight is 306 g/mol. The van der Waals surface area contributed by atoms with E-state index < -0.39 is 11.6 Å². The van der Waals surface area contributed by atoms with E-state index in [0.717, 1.165) is 17.7 Å².